The van der Waals surface area contributed by atoms with Crippen molar-refractivity contribution in [2.45, 2.75) is 31.3 Å². The van der Waals surface area contributed by atoms with Crippen molar-refractivity contribution in [2.75, 3.05) is 7.11 Å². The molecule has 0 saturated carbocycles. The Balaban J connectivity index is 1.66. The number of allylic oxidation sites excluding steroid dienone is 1. The lowest BCUT2D eigenvalue weighted by Gasteiger charge is -2.43. The molecule has 1 heterocycles. The summed E-state index contributed by atoms with van der Waals surface area (Å²) in [5, 5.41) is 0. The lowest BCUT2D eigenvalue weighted by molar-refractivity contribution is -0.162. The molecule has 2 aromatic rings. The van der Waals surface area contributed by atoms with Crippen LogP contribution in [-0.4, -0.2) is 29.9 Å². The number of benzene rings is 2. The third-order valence-electron chi connectivity index (χ3n) is 6.76. The summed E-state index contributed by atoms with van der Waals surface area (Å²) in [5.74, 6) is -0.497. The highest BCUT2D eigenvalue weighted by atomic mass is 16.5. The number of rotatable bonds is 3. The zero-order valence-electron chi connectivity index (χ0n) is 15.9. The molecule has 4 nitrogen and oxygen atoms in total. The molecule has 0 unspecified atom stereocenters. The Morgan fingerprint density at radius 3 is 2.68 bits per heavy atom. The second kappa shape index (κ2) is 6.33. The molecule has 1 aliphatic heterocycles. The lowest BCUT2D eigenvalue weighted by atomic mass is 9.57. The number of likely N-dealkylation sites (tertiary alicyclic amines) is 1. The van der Waals surface area contributed by atoms with Crippen molar-refractivity contribution in [2.24, 2.45) is 11.3 Å². The maximum Gasteiger partial charge on any atom is 0.322 e. The zero-order valence-corrected chi connectivity index (χ0v) is 15.9. The maximum atomic E-state index is 13.8. The molecule has 0 radical (unpaired) electrons. The predicted molar refractivity (Wildman–Crippen MR) is 105 cm³/mol. The van der Waals surface area contributed by atoms with Gasteiger partial charge in [0.2, 0.25) is 5.91 Å². The van der Waals surface area contributed by atoms with Gasteiger partial charge in [0.1, 0.15) is 0 Å². The zero-order chi connectivity index (χ0) is 19.3. The molecule has 2 aromatic carbocycles. The average Bonchev–Trinajstić information content (AvgIpc) is 2.98. The van der Waals surface area contributed by atoms with E-state index < -0.39 is 11.4 Å². The Morgan fingerprint density at radius 1 is 1.14 bits per heavy atom. The summed E-state index contributed by atoms with van der Waals surface area (Å²) in [6, 6.07) is 18.2. The fourth-order valence-electron chi connectivity index (χ4n) is 5.63. The monoisotopic (exact) mass is 373 g/mol. The smallest absolute Gasteiger partial charge is 0.322 e. The molecular formula is C24H23NO3. The first kappa shape index (κ1) is 17.2. The van der Waals surface area contributed by atoms with Gasteiger partial charge < -0.3 is 9.64 Å². The van der Waals surface area contributed by atoms with Crippen LogP contribution >= 0.6 is 0 Å². The van der Waals surface area contributed by atoms with Gasteiger partial charge in [-0.1, -0.05) is 66.7 Å². The Morgan fingerprint density at radius 2 is 1.89 bits per heavy atom. The Kier molecular flexibility index (Phi) is 3.90. The van der Waals surface area contributed by atoms with Crippen LogP contribution in [-0.2, 0) is 27.3 Å². The molecule has 1 amide bonds. The van der Waals surface area contributed by atoms with Gasteiger partial charge in [0.15, 0.2) is 5.41 Å². The van der Waals surface area contributed by atoms with E-state index in [0.29, 0.717) is 13.0 Å². The van der Waals surface area contributed by atoms with Gasteiger partial charge in [0.25, 0.3) is 0 Å². The average molecular weight is 373 g/mol. The summed E-state index contributed by atoms with van der Waals surface area (Å²) in [6.45, 7) is 0.524. The van der Waals surface area contributed by atoms with Crippen molar-refractivity contribution < 1.29 is 14.3 Å². The van der Waals surface area contributed by atoms with Crippen LogP contribution in [0.4, 0.5) is 0 Å². The molecule has 3 aliphatic rings. The number of fused-ring (bicyclic) bond motifs is 2. The van der Waals surface area contributed by atoms with Crippen LogP contribution in [0.5, 0.6) is 0 Å². The largest absolute Gasteiger partial charge is 0.468 e. The van der Waals surface area contributed by atoms with Gasteiger partial charge in [-0.3, -0.25) is 9.59 Å². The normalized spacial score (nSPS) is 30.0. The lowest BCUT2D eigenvalue weighted by Crippen LogP contribution is -2.50. The quantitative estimate of drug-likeness (QED) is 0.470. The van der Waals surface area contributed by atoms with Crippen molar-refractivity contribution in [3.8, 4) is 0 Å². The van der Waals surface area contributed by atoms with Crippen LogP contribution in [0, 0.1) is 11.3 Å². The number of esters is 1. The van der Waals surface area contributed by atoms with Crippen LogP contribution in [0.25, 0.3) is 0 Å². The molecular weight excluding hydrogens is 350 g/mol. The van der Waals surface area contributed by atoms with E-state index in [9.17, 15) is 9.59 Å². The van der Waals surface area contributed by atoms with Crippen LogP contribution in [0.3, 0.4) is 0 Å². The first-order valence-corrected chi connectivity index (χ1v) is 9.84. The third kappa shape index (κ3) is 2.24. The SMILES string of the molecule is COC(=O)[C@@]12Cc3ccccc3[C@@H]3C=CC[C@@H]([C@@H]31)N(Cc1ccccc1)C2=O. The van der Waals surface area contributed by atoms with E-state index in [-0.39, 0.29) is 23.8 Å². The molecule has 0 N–H and O–H groups in total. The van der Waals surface area contributed by atoms with Crippen molar-refractivity contribution in [3.63, 3.8) is 0 Å². The fraction of sp³-hybridized carbons (Fsp3) is 0.333. The maximum absolute atomic E-state index is 13.8. The van der Waals surface area contributed by atoms with Crippen LogP contribution in [0.2, 0.25) is 0 Å². The minimum Gasteiger partial charge on any atom is -0.468 e. The number of carbonyl (C=O) groups excluding carboxylic acids is 2. The first-order valence-electron chi connectivity index (χ1n) is 9.84. The second-order valence-electron chi connectivity index (χ2n) is 8.04. The van der Waals surface area contributed by atoms with Gasteiger partial charge in [-0.25, -0.2) is 0 Å². The van der Waals surface area contributed by atoms with Gasteiger partial charge in [0.05, 0.1) is 7.11 Å². The minimum atomic E-state index is -1.13. The van der Waals surface area contributed by atoms with Crippen molar-refractivity contribution in [3.05, 3.63) is 83.4 Å². The molecule has 1 saturated heterocycles. The predicted octanol–water partition coefficient (Wildman–Crippen LogP) is 3.47. The van der Waals surface area contributed by atoms with Crippen LogP contribution < -0.4 is 0 Å². The molecule has 4 heteroatoms. The molecule has 2 aliphatic carbocycles. The number of methoxy groups -OCH3 is 1. The molecule has 142 valence electrons. The number of hydrogen-bond acceptors (Lipinski definition) is 3. The molecule has 28 heavy (non-hydrogen) atoms. The van der Waals surface area contributed by atoms with E-state index in [0.717, 1.165) is 17.5 Å². The molecule has 0 bridgehead atoms. The van der Waals surface area contributed by atoms with E-state index in [1.807, 2.05) is 53.4 Å². The first-order chi connectivity index (χ1) is 13.7. The molecule has 4 atom stereocenters. The Labute approximate surface area is 164 Å². The highest BCUT2D eigenvalue weighted by molar-refractivity contribution is 6.06. The van der Waals surface area contributed by atoms with E-state index in [1.54, 1.807) is 0 Å². The van der Waals surface area contributed by atoms with Gasteiger partial charge in [-0.2, -0.15) is 0 Å². The highest BCUT2D eigenvalue weighted by Gasteiger charge is 2.67. The second-order valence-corrected chi connectivity index (χ2v) is 8.04. The summed E-state index contributed by atoms with van der Waals surface area (Å²) in [6.07, 6.45) is 5.56. The summed E-state index contributed by atoms with van der Waals surface area (Å²) < 4.78 is 5.23. The van der Waals surface area contributed by atoms with Crippen molar-refractivity contribution >= 4 is 11.9 Å². The number of nitrogens with zero attached hydrogens (tertiary/aromatic N) is 1. The number of carbonyl (C=O) groups is 2. The van der Waals surface area contributed by atoms with Crippen LogP contribution in [0.15, 0.2) is 66.7 Å². The summed E-state index contributed by atoms with van der Waals surface area (Å²) in [5.41, 5.74) is 2.27. The topological polar surface area (TPSA) is 46.6 Å². The summed E-state index contributed by atoms with van der Waals surface area (Å²) in [7, 11) is 1.40. The highest BCUT2D eigenvalue weighted by Crippen LogP contribution is 2.58. The third-order valence-corrected chi connectivity index (χ3v) is 6.76. The van der Waals surface area contributed by atoms with Gasteiger partial charge in [-0.05, 0) is 29.5 Å². The fourth-order valence-corrected chi connectivity index (χ4v) is 5.63. The van der Waals surface area contributed by atoms with Gasteiger partial charge in [0, 0.05) is 24.4 Å². The molecule has 0 aromatic heterocycles. The summed E-state index contributed by atoms with van der Waals surface area (Å²) in [4.78, 5) is 28.9. The van der Waals surface area contributed by atoms with Gasteiger partial charge >= 0.3 is 5.97 Å². The summed E-state index contributed by atoms with van der Waals surface area (Å²) >= 11 is 0. The number of hydrogen-bond donors (Lipinski definition) is 0. The van der Waals surface area contributed by atoms with Crippen LogP contribution in [0.1, 0.15) is 29.0 Å². The standard InChI is InChI=1S/C24H23NO3/c1-28-23(27)24-14-17-10-5-6-11-18(17)19-12-7-13-20(21(19)24)25(22(24)26)15-16-8-3-2-4-9-16/h2-12,19-21H,13-15H2,1H3/t19-,20-,21+,24-/m0/s1. The number of ether oxygens (including phenoxy) is 1. The molecule has 5 rings (SSSR count). The van der Waals surface area contributed by atoms with Crippen molar-refractivity contribution in [1.29, 1.82) is 0 Å². The van der Waals surface area contributed by atoms with E-state index in [4.69, 9.17) is 4.74 Å². The Hall–Kier alpha value is -2.88. The van der Waals surface area contributed by atoms with Gasteiger partial charge in [-0.15, -0.1) is 0 Å². The minimum absolute atomic E-state index is 0.00941. The molecule has 1 fully saturated rings. The molecule has 0 spiro atoms. The van der Waals surface area contributed by atoms with Crippen molar-refractivity contribution in [1.82, 2.24) is 4.90 Å². The van der Waals surface area contributed by atoms with E-state index >= 15 is 0 Å². The van der Waals surface area contributed by atoms with E-state index in [2.05, 4.69) is 18.2 Å². The Bertz CT molecular complexity index is 967. The number of amides is 1. The van der Waals surface area contributed by atoms with E-state index in [1.165, 1.54) is 12.7 Å².